The molecule has 1 amide bonds. The monoisotopic (exact) mass is 418 g/mol. The molecule has 1 atom stereocenters. The van der Waals surface area contributed by atoms with Crippen LogP contribution < -0.4 is 10.1 Å². The number of carbonyl (C=O) groups is 1. The lowest BCUT2D eigenvalue weighted by molar-refractivity contribution is -0.124. The molecule has 0 aliphatic heterocycles. The van der Waals surface area contributed by atoms with Crippen LogP contribution in [-0.4, -0.2) is 45.1 Å². The number of rotatable bonds is 8. The third-order valence-electron chi connectivity index (χ3n) is 4.60. The fourth-order valence-corrected chi connectivity index (χ4v) is 3.60. The first kappa shape index (κ1) is 22.9. The normalized spacial score (nSPS) is 13.2. The molecule has 0 saturated carbocycles. The summed E-state index contributed by atoms with van der Waals surface area (Å²) in [5.74, 6) is 0.388. The minimum atomic E-state index is -3.55. The molecule has 0 spiro atoms. The Bertz CT molecular complexity index is 921. The van der Waals surface area contributed by atoms with Gasteiger partial charge in [0.05, 0.1) is 12.8 Å². The smallest absolute Gasteiger partial charge is 0.243 e. The SMILES string of the molecule is CN([C@H](C(=O)NCCOc1ccccc1C(C)(C)C)c1ccccc1)S(C)(=O)=O. The van der Waals surface area contributed by atoms with E-state index >= 15 is 0 Å². The second-order valence-electron chi connectivity index (χ2n) is 7.98. The molecule has 2 aromatic carbocycles. The number of carbonyl (C=O) groups excluding carboxylic acids is 1. The lowest BCUT2D eigenvalue weighted by atomic mass is 9.86. The Morgan fingerprint density at radius 2 is 1.66 bits per heavy atom. The molecule has 2 rings (SSSR count). The van der Waals surface area contributed by atoms with Gasteiger partial charge in [0.15, 0.2) is 0 Å². The number of amides is 1. The molecule has 0 aliphatic carbocycles. The highest BCUT2D eigenvalue weighted by Gasteiger charge is 2.30. The standard InChI is InChI=1S/C22H30N2O4S/c1-22(2,3)18-13-9-10-14-19(18)28-16-15-23-21(25)20(24(4)29(5,26)27)17-11-7-6-8-12-17/h6-14,20H,15-16H2,1-5H3,(H,23,25)/t20-/m0/s1. The van der Waals surface area contributed by atoms with E-state index in [-0.39, 0.29) is 18.6 Å². The van der Waals surface area contributed by atoms with Gasteiger partial charge < -0.3 is 10.1 Å². The van der Waals surface area contributed by atoms with E-state index in [1.807, 2.05) is 30.3 Å². The summed E-state index contributed by atoms with van der Waals surface area (Å²) < 4.78 is 31.0. The number of nitrogens with zero attached hydrogens (tertiary/aromatic N) is 1. The molecule has 0 unspecified atom stereocenters. The van der Waals surface area contributed by atoms with E-state index in [1.54, 1.807) is 24.3 Å². The molecule has 0 radical (unpaired) electrons. The topological polar surface area (TPSA) is 75.7 Å². The summed E-state index contributed by atoms with van der Waals surface area (Å²) in [6.45, 7) is 6.88. The zero-order valence-corrected chi connectivity index (χ0v) is 18.5. The van der Waals surface area contributed by atoms with Crippen LogP contribution in [0.3, 0.4) is 0 Å². The molecule has 158 valence electrons. The van der Waals surface area contributed by atoms with Crippen LogP contribution in [0.1, 0.15) is 37.9 Å². The van der Waals surface area contributed by atoms with Gasteiger partial charge in [-0.3, -0.25) is 4.79 Å². The number of benzene rings is 2. The first-order valence-corrected chi connectivity index (χ1v) is 11.3. The van der Waals surface area contributed by atoms with Gasteiger partial charge in [0, 0.05) is 7.05 Å². The summed E-state index contributed by atoms with van der Waals surface area (Å²) in [4.78, 5) is 12.8. The number of sulfonamides is 1. The minimum absolute atomic E-state index is 0.0591. The van der Waals surface area contributed by atoms with Crippen LogP contribution in [0.15, 0.2) is 54.6 Å². The average Bonchev–Trinajstić information content (AvgIpc) is 2.65. The van der Waals surface area contributed by atoms with Gasteiger partial charge in [-0.2, -0.15) is 4.31 Å². The minimum Gasteiger partial charge on any atom is -0.491 e. The summed E-state index contributed by atoms with van der Waals surface area (Å²) >= 11 is 0. The van der Waals surface area contributed by atoms with E-state index in [9.17, 15) is 13.2 Å². The molecule has 0 heterocycles. The molecule has 0 saturated heterocycles. The van der Waals surface area contributed by atoms with Crippen LogP contribution in [0.5, 0.6) is 5.75 Å². The number of likely N-dealkylation sites (N-methyl/N-ethyl adjacent to an activating group) is 1. The lowest BCUT2D eigenvalue weighted by Crippen LogP contribution is -2.42. The number of hydrogen-bond donors (Lipinski definition) is 1. The third-order valence-corrected chi connectivity index (χ3v) is 5.86. The summed E-state index contributed by atoms with van der Waals surface area (Å²) in [5.41, 5.74) is 1.64. The van der Waals surface area contributed by atoms with Crippen LogP contribution in [0.2, 0.25) is 0 Å². The van der Waals surface area contributed by atoms with Gasteiger partial charge in [-0.25, -0.2) is 8.42 Å². The molecular weight excluding hydrogens is 388 g/mol. The van der Waals surface area contributed by atoms with Crippen molar-refractivity contribution in [1.82, 2.24) is 9.62 Å². The summed E-state index contributed by atoms with van der Waals surface area (Å²) in [6.07, 6.45) is 1.09. The maximum Gasteiger partial charge on any atom is 0.243 e. The largest absolute Gasteiger partial charge is 0.491 e. The maximum atomic E-state index is 12.8. The first-order valence-electron chi connectivity index (χ1n) is 9.50. The van der Waals surface area contributed by atoms with E-state index in [0.29, 0.717) is 5.56 Å². The zero-order chi connectivity index (χ0) is 21.7. The molecule has 7 heteroatoms. The predicted octanol–water partition coefficient (Wildman–Crippen LogP) is 3.11. The Kier molecular flexibility index (Phi) is 7.43. The summed E-state index contributed by atoms with van der Waals surface area (Å²) in [5, 5.41) is 2.79. The third kappa shape index (κ3) is 6.30. The van der Waals surface area contributed by atoms with Crippen LogP contribution in [-0.2, 0) is 20.2 Å². The average molecular weight is 419 g/mol. The number of para-hydroxylation sites is 1. The summed E-state index contributed by atoms with van der Waals surface area (Å²) in [7, 11) is -2.14. The zero-order valence-electron chi connectivity index (χ0n) is 17.7. The number of hydrogen-bond acceptors (Lipinski definition) is 4. The lowest BCUT2D eigenvalue weighted by Gasteiger charge is -2.26. The number of ether oxygens (including phenoxy) is 1. The van der Waals surface area contributed by atoms with Crippen LogP contribution >= 0.6 is 0 Å². The first-order chi connectivity index (χ1) is 13.5. The van der Waals surface area contributed by atoms with Crippen molar-refractivity contribution < 1.29 is 17.9 Å². The van der Waals surface area contributed by atoms with Crippen molar-refractivity contribution >= 4 is 15.9 Å². The van der Waals surface area contributed by atoms with Gasteiger partial charge in [-0.1, -0.05) is 69.3 Å². The highest BCUT2D eigenvalue weighted by atomic mass is 32.2. The fourth-order valence-electron chi connectivity index (χ4n) is 3.00. The van der Waals surface area contributed by atoms with E-state index in [2.05, 4.69) is 26.1 Å². The van der Waals surface area contributed by atoms with Crippen LogP contribution in [0.25, 0.3) is 0 Å². The van der Waals surface area contributed by atoms with Crippen LogP contribution in [0.4, 0.5) is 0 Å². The van der Waals surface area contributed by atoms with Gasteiger partial charge in [-0.15, -0.1) is 0 Å². The second kappa shape index (κ2) is 9.41. The van der Waals surface area contributed by atoms with Gasteiger partial charge in [0.25, 0.3) is 0 Å². The van der Waals surface area contributed by atoms with Crippen molar-refractivity contribution in [1.29, 1.82) is 0 Å². The molecule has 29 heavy (non-hydrogen) atoms. The van der Waals surface area contributed by atoms with Gasteiger partial charge in [0.1, 0.15) is 18.4 Å². The van der Waals surface area contributed by atoms with Gasteiger partial charge >= 0.3 is 0 Å². The van der Waals surface area contributed by atoms with Crippen molar-refractivity contribution in [2.75, 3.05) is 26.5 Å². The van der Waals surface area contributed by atoms with Gasteiger partial charge in [0.2, 0.25) is 15.9 Å². The fraction of sp³-hybridized carbons (Fsp3) is 0.409. The molecule has 0 aliphatic rings. The quantitative estimate of drug-likeness (QED) is 0.669. The van der Waals surface area contributed by atoms with E-state index in [4.69, 9.17) is 4.74 Å². The van der Waals surface area contributed by atoms with E-state index < -0.39 is 22.0 Å². The van der Waals surface area contributed by atoms with Crippen molar-refractivity contribution in [2.45, 2.75) is 32.2 Å². The van der Waals surface area contributed by atoms with Gasteiger partial charge in [-0.05, 0) is 22.6 Å². The highest BCUT2D eigenvalue weighted by molar-refractivity contribution is 7.88. The van der Waals surface area contributed by atoms with Crippen molar-refractivity contribution in [2.24, 2.45) is 0 Å². The Balaban J connectivity index is 2.05. The molecule has 0 fully saturated rings. The Morgan fingerprint density at radius 1 is 1.07 bits per heavy atom. The molecule has 1 N–H and O–H groups in total. The van der Waals surface area contributed by atoms with Crippen molar-refractivity contribution in [3.63, 3.8) is 0 Å². The van der Waals surface area contributed by atoms with E-state index in [0.717, 1.165) is 21.9 Å². The highest BCUT2D eigenvalue weighted by Crippen LogP contribution is 2.30. The van der Waals surface area contributed by atoms with Crippen molar-refractivity contribution in [3.8, 4) is 5.75 Å². The predicted molar refractivity (Wildman–Crippen MR) is 115 cm³/mol. The Morgan fingerprint density at radius 3 is 2.24 bits per heavy atom. The maximum absolute atomic E-state index is 12.8. The number of nitrogens with one attached hydrogen (secondary N) is 1. The Hall–Kier alpha value is -2.38. The molecular formula is C22H30N2O4S. The van der Waals surface area contributed by atoms with E-state index in [1.165, 1.54) is 7.05 Å². The van der Waals surface area contributed by atoms with Crippen molar-refractivity contribution in [3.05, 3.63) is 65.7 Å². The molecule has 6 nitrogen and oxygen atoms in total. The second-order valence-corrected chi connectivity index (χ2v) is 10.0. The summed E-state index contributed by atoms with van der Waals surface area (Å²) in [6, 6.07) is 15.7. The Labute approximate surface area is 173 Å². The molecule has 0 bridgehead atoms. The molecule has 0 aromatic heterocycles. The molecule has 2 aromatic rings. The van der Waals surface area contributed by atoms with Crippen LogP contribution in [0, 0.1) is 0 Å².